The third kappa shape index (κ3) is 4.41. The van der Waals surface area contributed by atoms with E-state index in [9.17, 15) is 9.59 Å². The number of benzene rings is 3. The highest BCUT2D eigenvalue weighted by molar-refractivity contribution is 6.30. The van der Waals surface area contributed by atoms with Gasteiger partial charge in [-0.1, -0.05) is 47.5 Å². The van der Waals surface area contributed by atoms with E-state index in [1.165, 1.54) is 5.56 Å². The number of carbonyl (C=O) groups excluding carboxylic acids is 2. The number of ether oxygens (including phenoxy) is 1. The number of Topliss-reactive ketones (excluding diaryl/α,β-unsaturated/α-hetero) is 1. The van der Waals surface area contributed by atoms with Crippen molar-refractivity contribution in [2.75, 3.05) is 11.9 Å². The lowest BCUT2D eigenvalue weighted by molar-refractivity contribution is 0.0474. The second-order valence-corrected chi connectivity index (χ2v) is 9.21. The van der Waals surface area contributed by atoms with Crippen LogP contribution in [0.1, 0.15) is 50.2 Å². The minimum atomic E-state index is -0.515. The number of hydrogen-bond donors (Lipinski definition) is 1. The van der Waals surface area contributed by atoms with Crippen molar-refractivity contribution < 1.29 is 14.3 Å². The molecular formula is C27H21Cl2NO3. The Labute approximate surface area is 202 Å². The number of halogens is 2. The van der Waals surface area contributed by atoms with E-state index in [0.29, 0.717) is 27.1 Å². The Balaban J connectivity index is 1.33. The third-order valence-corrected chi connectivity index (χ3v) is 6.83. The Kier molecular flexibility index (Phi) is 5.96. The molecule has 0 saturated carbocycles. The van der Waals surface area contributed by atoms with Gasteiger partial charge >= 0.3 is 5.97 Å². The van der Waals surface area contributed by atoms with Gasteiger partial charge in [0, 0.05) is 27.2 Å². The quantitative estimate of drug-likeness (QED) is 0.247. The van der Waals surface area contributed by atoms with Gasteiger partial charge in [0.1, 0.15) is 0 Å². The summed E-state index contributed by atoms with van der Waals surface area (Å²) in [5, 5.41) is 4.91. The van der Waals surface area contributed by atoms with Crippen molar-refractivity contribution in [1.29, 1.82) is 0 Å². The maximum Gasteiger partial charge on any atom is 0.338 e. The van der Waals surface area contributed by atoms with Crippen molar-refractivity contribution in [2.24, 2.45) is 5.92 Å². The molecular weight excluding hydrogens is 457 g/mol. The number of esters is 1. The molecule has 0 unspecified atom stereocenters. The van der Waals surface area contributed by atoms with Crippen molar-refractivity contribution in [3.8, 4) is 0 Å². The number of fused-ring (bicyclic) bond motifs is 3. The normalized spacial score (nSPS) is 20.5. The number of allylic oxidation sites excluding steroid dienone is 2. The standard InChI is InChI=1S/C27H21Cl2NO3/c28-19-9-4-16(5-10-19)25(31)15-33-27(32)18-8-13-24-23(14-18)21-2-1-3-22(21)26(30-24)17-6-11-20(29)12-7-17/h1-2,4-14,21-22,26,30H,3,15H2/t21-,22+,26+/m0/s1. The summed E-state index contributed by atoms with van der Waals surface area (Å²) in [6, 6.07) is 20.1. The minimum Gasteiger partial charge on any atom is -0.454 e. The lowest BCUT2D eigenvalue weighted by Gasteiger charge is -2.37. The number of carbonyl (C=O) groups is 2. The largest absolute Gasteiger partial charge is 0.454 e. The summed E-state index contributed by atoms with van der Waals surface area (Å²) in [6.45, 7) is -0.319. The highest BCUT2D eigenvalue weighted by atomic mass is 35.5. The molecule has 2 aliphatic rings. The average molecular weight is 478 g/mol. The van der Waals surface area contributed by atoms with Gasteiger partial charge in [0.15, 0.2) is 12.4 Å². The molecule has 3 aromatic carbocycles. The predicted molar refractivity (Wildman–Crippen MR) is 130 cm³/mol. The molecule has 0 saturated heterocycles. The fourth-order valence-electron chi connectivity index (χ4n) is 4.66. The molecule has 3 aromatic rings. The summed E-state index contributed by atoms with van der Waals surface area (Å²) in [5.41, 5.74) is 4.14. The van der Waals surface area contributed by atoms with Gasteiger partial charge in [0.05, 0.1) is 11.6 Å². The molecule has 0 amide bonds. The molecule has 166 valence electrons. The first kappa shape index (κ1) is 21.7. The van der Waals surface area contributed by atoms with Crippen molar-refractivity contribution in [3.63, 3.8) is 0 Å². The number of hydrogen-bond acceptors (Lipinski definition) is 4. The van der Waals surface area contributed by atoms with Gasteiger partial charge in [-0.3, -0.25) is 4.79 Å². The van der Waals surface area contributed by atoms with Crippen LogP contribution in [0.25, 0.3) is 0 Å². The summed E-state index contributed by atoms with van der Waals surface area (Å²) < 4.78 is 5.31. The lowest BCUT2D eigenvalue weighted by Crippen LogP contribution is -2.29. The summed E-state index contributed by atoms with van der Waals surface area (Å²) in [7, 11) is 0. The van der Waals surface area contributed by atoms with E-state index in [1.807, 2.05) is 24.3 Å². The van der Waals surface area contributed by atoms with Gasteiger partial charge in [0.2, 0.25) is 0 Å². The maximum absolute atomic E-state index is 12.7. The summed E-state index contributed by atoms with van der Waals surface area (Å²) in [5.74, 6) is -0.246. The van der Waals surface area contributed by atoms with E-state index in [4.69, 9.17) is 27.9 Å². The number of ketones is 1. The topological polar surface area (TPSA) is 55.4 Å². The monoisotopic (exact) mass is 477 g/mol. The molecule has 0 fully saturated rings. The van der Waals surface area contributed by atoms with Crippen LogP contribution in [-0.4, -0.2) is 18.4 Å². The first-order chi connectivity index (χ1) is 16.0. The van der Waals surface area contributed by atoms with Gasteiger partial charge < -0.3 is 10.1 Å². The van der Waals surface area contributed by atoms with Crippen LogP contribution in [0.4, 0.5) is 5.69 Å². The Bertz CT molecular complexity index is 1240. The molecule has 1 N–H and O–H groups in total. The second kappa shape index (κ2) is 9.05. The number of rotatable bonds is 5. The minimum absolute atomic E-state index is 0.157. The van der Waals surface area contributed by atoms with Crippen molar-refractivity contribution in [2.45, 2.75) is 18.4 Å². The van der Waals surface area contributed by atoms with E-state index in [0.717, 1.165) is 17.7 Å². The van der Waals surface area contributed by atoms with E-state index in [-0.39, 0.29) is 24.3 Å². The number of nitrogens with one attached hydrogen (secondary N) is 1. The van der Waals surface area contributed by atoms with Crippen LogP contribution in [0, 0.1) is 5.92 Å². The first-order valence-electron chi connectivity index (χ1n) is 10.8. The Morgan fingerprint density at radius 1 is 0.909 bits per heavy atom. The molecule has 6 heteroatoms. The van der Waals surface area contributed by atoms with Crippen LogP contribution in [0.5, 0.6) is 0 Å². The molecule has 0 aromatic heterocycles. The van der Waals surface area contributed by atoms with E-state index < -0.39 is 5.97 Å². The second-order valence-electron chi connectivity index (χ2n) is 8.34. The molecule has 4 nitrogen and oxygen atoms in total. The van der Waals surface area contributed by atoms with E-state index in [1.54, 1.807) is 30.3 Å². The average Bonchev–Trinajstić information content (AvgIpc) is 3.33. The molecule has 1 aliphatic carbocycles. The van der Waals surface area contributed by atoms with E-state index >= 15 is 0 Å². The zero-order valence-corrected chi connectivity index (χ0v) is 19.1. The van der Waals surface area contributed by atoms with Crippen LogP contribution in [0.2, 0.25) is 10.0 Å². The maximum atomic E-state index is 12.7. The highest BCUT2D eigenvalue weighted by Crippen LogP contribution is 2.50. The van der Waals surface area contributed by atoms with Crippen molar-refractivity contribution in [3.05, 3.63) is 111 Å². The zero-order valence-electron chi connectivity index (χ0n) is 17.6. The molecule has 5 rings (SSSR count). The van der Waals surface area contributed by atoms with Crippen LogP contribution in [0.3, 0.4) is 0 Å². The van der Waals surface area contributed by atoms with Gasteiger partial charge in [-0.15, -0.1) is 0 Å². The van der Waals surface area contributed by atoms with Gasteiger partial charge in [-0.2, -0.15) is 0 Å². The van der Waals surface area contributed by atoms with E-state index in [2.05, 4.69) is 29.6 Å². The number of anilines is 1. The van der Waals surface area contributed by atoms with Crippen LogP contribution >= 0.6 is 23.2 Å². The fraction of sp³-hybridized carbons (Fsp3) is 0.185. The third-order valence-electron chi connectivity index (χ3n) is 6.33. The molecule has 0 bridgehead atoms. The smallest absolute Gasteiger partial charge is 0.338 e. The van der Waals surface area contributed by atoms with Gasteiger partial charge in [-0.25, -0.2) is 4.79 Å². The van der Waals surface area contributed by atoms with Gasteiger partial charge in [-0.05, 0) is 78.1 Å². The molecule has 1 aliphatic heterocycles. The first-order valence-corrected chi connectivity index (χ1v) is 11.5. The van der Waals surface area contributed by atoms with Gasteiger partial charge in [0.25, 0.3) is 0 Å². The molecule has 0 spiro atoms. The predicted octanol–water partition coefficient (Wildman–Crippen LogP) is 6.86. The van der Waals surface area contributed by atoms with Crippen molar-refractivity contribution in [1.82, 2.24) is 0 Å². The molecule has 33 heavy (non-hydrogen) atoms. The lowest BCUT2D eigenvalue weighted by atomic mass is 9.76. The Morgan fingerprint density at radius 3 is 2.30 bits per heavy atom. The Hall–Kier alpha value is -3.08. The van der Waals surface area contributed by atoms with Crippen LogP contribution < -0.4 is 5.32 Å². The fourth-order valence-corrected chi connectivity index (χ4v) is 4.91. The highest BCUT2D eigenvalue weighted by Gasteiger charge is 2.38. The molecule has 1 heterocycles. The summed E-state index contributed by atoms with van der Waals surface area (Å²) >= 11 is 11.9. The summed E-state index contributed by atoms with van der Waals surface area (Å²) in [4.78, 5) is 25.0. The van der Waals surface area contributed by atoms with Crippen LogP contribution in [-0.2, 0) is 4.74 Å². The molecule has 0 radical (unpaired) electrons. The van der Waals surface area contributed by atoms with Crippen molar-refractivity contribution >= 4 is 40.6 Å². The Morgan fingerprint density at radius 2 is 1.58 bits per heavy atom. The molecule has 3 atom stereocenters. The SMILES string of the molecule is O=C(COC(=O)c1ccc2c(c1)[C@H]1C=CC[C@H]1[C@@H](c1ccc(Cl)cc1)N2)c1ccc(Cl)cc1. The van der Waals surface area contributed by atoms with Crippen LogP contribution in [0.15, 0.2) is 78.9 Å². The summed E-state index contributed by atoms with van der Waals surface area (Å²) in [6.07, 6.45) is 5.37. The zero-order chi connectivity index (χ0) is 22.9.